The summed E-state index contributed by atoms with van der Waals surface area (Å²) in [4.78, 5) is 4.35. The number of ether oxygens (including phenoxy) is 1. The maximum Gasteiger partial charge on any atom is 0.120 e. The van der Waals surface area contributed by atoms with Crippen molar-refractivity contribution in [1.29, 1.82) is 0 Å². The molecule has 0 aliphatic carbocycles. The lowest BCUT2D eigenvalue weighted by Gasteiger charge is -2.05. The summed E-state index contributed by atoms with van der Waals surface area (Å²) in [5.74, 6) is 0.852. The average molecular weight is 287 g/mol. The van der Waals surface area contributed by atoms with Gasteiger partial charge in [-0.25, -0.2) is 0 Å². The predicted molar refractivity (Wildman–Crippen MR) is 82.8 cm³/mol. The molecule has 102 valence electrons. The van der Waals surface area contributed by atoms with E-state index in [1.807, 2.05) is 48.7 Å². The second-order valence-corrected chi connectivity index (χ2v) is 4.22. The van der Waals surface area contributed by atoms with Gasteiger partial charge < -0.3 is 9.30 Å². The largest absolute Gasteiger partial charge is 0.497 e. The average Bonchev–Trinajstić information content (AvgIpc) is 2.98. The number of hydrogen-bond acceptors (Lipinski definition) is 2. The van der Waals surface area contributed by atoms with Crippen LogP contribution in [0.2, 0.25) is 0 Å². The number of rotatable bonds is 3. The molecule has 0 unspecified atom stereocenters. The Balaban J connectivity index is 0.00000147. The Kier molecular flexibility index (Phi) is 4.43. The number of benzene rings is 1. The van der Waals surface area contributed by atoms with E-state index in [9.17, 15) is 0 Å². The fourth-order valence-electron chi connectivity index (χ4n) is 2.01. The molecule has 0 radical (unpaired) electrons. The zero-order valence-corrected chi connectivity index (χ0v) is 11.9. The Hall–Kier alpha value is -2.26. The molecule has 0 N–H and O–H groups in total. The van der Waals surface area contributed by atoms with Crippen molar-refractivity contribution in [3.05, 3.63) is 67.1 Å². The van der Waals surface area contributed by atoms with Crippen LogP contribution in [0.25, 0.3) is 16.9 Å². The van der Waals surface area contributed by atoms with Crippen LogP contribution in [0.4, 0.5) is 0 Å². The summed E-state index contributed by atoms with van der Waals surface area (Å²) >= 11 is 0. The first-order chi connectivity index (χ1) is 9.36. The van der Waals surface area contributed by atoms with E-state index in [-0.39, 0.29) is 12.4 Å². The maximum atomic E-state index is 5.24. The molecule has 0 aliphatic heterocycles. The van der Waals surface area contributed by atoms with Crippen LogP contribution in [0.15, 0.2) is 67.1 Å². The van der Waals surface area contributed by atoms with Gasteiger partial charge in [-0.1, -0.05) is 12.1 Å². The number of methoxy groups -OCH3 is 1. The molecule has 0 fully saturated rings. The van der Waals surface area contributed by atoms with E-state index >= 15 is 0 Å². The first kappa shape index (κ1) is 14.2. The van der Waals surface area contributed by atoms with E-state index in [2.05, 4.69) is 21.8 Å². The Morgan fingerprint density at radius 3 is 2.70 bits per heavy atom. The first-order valence-electron chi connectivity index (χ1n) is 6.10. The predicted octanol–water partition coefficient (Wildman–Crippen LogP) is 3.97. The van der Waals surface area contributed by atoms with Crippen LogP contribution in [0.5, 0.6) is 5.75 Å². The van der Waals surface area contributed by atoms with Crippen molar-refractivity contribution in [3.8, 4) is 22.7 Å². The van der Waals surface area contributed by atoms with Crippen LogP contribution < -0.4 is 4.74 Å². The molecule has 3 rings (SSSR count). The van der Waals surface area contributed by atoms with Gasteiger partial charge in [-0.2, -0.15) is 0 Å². The topological polar surface area (TPSA) is 27.1 Å². The molecule has 3 nitrogen and oxygen atoms in total. The summed E-state index contributed by atoms with van der Waals surface area (Å²) < 4.78 is 7.30. The van der Waals surface area contributed by atoms with E-state index in [4.69, 9.17) is 4.74 Å². The quantitative estimate of drug-likeness (QED) is 0.728. The van der Waals surface area contributed by atoms with Crippen LogP contribution >= 0.6 is 12.4 Å². The summed E-state index contributed by atoms with van der Waals surface area (Å²) in [7, 11) is 1.67. The molecule has 1 aromatic carbocycles. The Labute approximate surface area is 124 Å². The molecule has 4 heteroatoms. The smallest absolute Gasteiger partial charge is 0.120 e. The molecule has 0 saturated carbocycles. The van der Waals surface area contributed by atoms with Gasteiger partial charge >= 0.3 is 0 Å². The van der Waals surface area contributed by atoms with Crippen molar-refractivity contribution in [2.24, 2.45) is 0 Å². The van der Waals surface area contributed by atoms with E-state index in [0.717, 1.165) is 22.7 Å². The minimum Gasteiger partial charge on any atom is -0.497 e. The van der Waals surface area contributed by atoms with E-state index in [1.165, 1.54) is 0 Å². The third kappa shape index (κ3) is 2.83. The van der Waals surface area contributed by atoms with Crippen LogP contribution in [0, 0.1) is 0 Å². The van der Waals surface area contributed by atoms with Crippen molar-refractivity contribution in [2.45, 2.75) is 0 Å². The van der Waals surface area contributed by atoms with Crippen LogP contribution in [-0.2, 0) is 0 Å². The highest BCUT2D eigenvalue weighted by Gasteiger charge is 2.03. The van der Waals surface area contributed by atoms with E-state index in [0.29, 0.717) is 0 Å². The molecule has 0 aliphatic rings. The van der Waals surface area contributed by atoms with Crippen molar-refractivity contribution in [3.63, 3.8) is 0 Å². The Morgan fingerprint density at radius 1 is 1.05 bits per heavy atom. The van der Waals surface area contributed by atoms with Gasteiger partial charge in [-0.05, 0) is 30.3 Å². The molecule has 2 heterocycles. The zero-order valence-electron chi connectivity index (χ0n) is 11.1. The van der Waals surface area contributed by atoms with Gasteiger partial charge in [0.15, 0.2) is 0 Å². The van der Waals surface area contributed by atoms with E-state index < -0.39 is 0 Å². The first-order valence-corrected chi connectivity index (χ1v) is 6.10. The second kappa shape index (κ2) is 6.26. The molecule has 0 bridgehead atoms. The normalized spacial score (nSPS) is 9.85. The number of pyridine rings is 1. The fourth-order valence-corrected chi connectivity index (χ4v) is 2.01. The summed E-state index contributed by atoms with van der Waals surface area (Å²) in [5, 5.41) is 0. The second-order valence-electron chi connectivity index (χ2n) is 4.22. The van der Waals surface area contributed by atoms with E-state index in [1.54, 1.807) is 13.3 Å². The summed E-state index contributed by atoms with van der Waals surface area (Å²) in [5.41, 5.74) is 3.15. The highest BCUT2D eigenvalue weighted by molar-refractivity contribution is 5.85. The molecule has 0 saturated heterocycles. The molecule has 20 heavy (non-hydrogen) atoms. The minimum atomic E-state index is 0. The standard InChI is InChI=1S/C16H14N2O.ClH/c1-19-15-6-4-5-14(11-15)18-10-8-13(12-18)16-7-2-3-9-17-16;/h2-12H,1H3;1H. The summed E-state index contributed by atoms with van der Waals surface area (Å²) in [6.45, 7) is 0. The summed E-state index contributed by atoms with van der Waals surface area (Å²) in [6.07, 6.45) is 5.90. The fraction of sp³-hybridized carbons (Fsp3) is 0.0625. The van der Waals surface area contributed by atoms with Gasteiger partial charge in [0.05, 0.1) is 12.8 Å². The van der Waals surface area contributed by atoms with Gasteiger partial charge in [-0.15, -0.1) is 12.4 Å². The van der Waals surface area contributed by atoms with Crippen molar-refractivity contribution < 1.29 is 4.74 Å². The molecule has 3 aromatic rings. The Morgan fingerprint density at radius 2 is 1.95 bits per heavy atom. The molecule has 0 atom stereocenters. The van der Waals surface area contributed by atoms with Crippen LogP contribution in [0.3, 0.4) is 0 Å². The lowest BCUT2D eigenvalue weighted by atomic mass is 10.2. The minimum absolute atomic E-state index is 0. The molecule has 2 aromatic heterocycles. The van der Waals surface area contributed by atoms with Gasteiger partial charge in [0.2, 0.25) is 0 Å². The number of aromatic nitrogens is 2. The number of halogens is 1. The SMILES string of the molecule is COc1cccc(-n2ccc(-c3ccccn3)c2)c1.Cl. The van der Waals surface area contributed by atoms with Gasteiger partial charge in [0.1, 0.15) is 5.75 Å². The van der Waals surface area contributed by atoms with Crippen molar-refractivity contribution in [2.75, 3.05) is 7.11 Å². The monoisotopic (exact) mass is 286 g/mol. The molecular formula is C16H15ClN2O. The zero-order chi connectivity index (χ0) is 13.1. The highest BCUT2D eigenvalue weighted by Crippen LogP contribution is 2.21. The number of nitrogens with zero attached hydrogens (tertiary/aromatic N) is 2. The molecular weight excluding hydrogens is 272 g/mol. The lowest BCUT2D eigenvalue weighted by Crippen LogP contribution is -1.91. The van der Waals surface area contributed by atoms with Gasteiger partial charge in [0.25, 0.3) is 0 Å². The summed E-state index contributed by atoms with van der Waals surface area (Å²) in [6, 6.07) is 15.9. The van der Waals surface area contributed by atoms with Crippen molar-refractivity contribution >= 4 is 12.4 Å². The maximum absolute atomic E-state index is 5.24. The molecule has 0 spiro atoms. The third-order valence-electron chi connectivity index (χ3n) is 3.00. The lowest BCUT2D eigenvalue weighted by molar-refractivity contribution is 0.414. The Bertz CT molecular complexity index is 680. The number of hydrogen-bond donors (Lipinski definition) is 0. The van der Waals surface area contributed by atoms with Gasteiger partial charge in [-0.3, -0.25) is 4.98 Å². The van der Waals surface area contributed by atoms with Crippen LogP contribution in [-0.4, -0.2) is 16.7 Å². The van der Waals surface area contributed by atoms with Crippen molar-refractivity contribution in [1.82, 2.24) is 9.55 Å². The third-order valence-corrected chi connectivity index (χ3v) is 3.00. The van der Waals surface area contributed by atoms with Gasteiger partial charge in [0, 0.05) is 35.9 Å². The van der Waals surface area contributed by atoms with Crippen LogP contribution in [0.1, 0.15) is 0 Å². The highest BCUT2D eigenvalue weighted by atomic mass is 35.5. The molecule has 0 amide bonds.